The Hall–Kier alpha value is -2.89. The van der Waals surface area contributed by atoms with Gasteiger partial charge in [0.05, 0.1) is 24.4 Å². The molecule has 2 N–H and O–H groups in total. The minimum absolute atomic E-state index is 0.139. The lowest BCUT2D eigenvalue weighted by atomic mass is 10.1. The monoisotopic (exact) mass is 547 g/mol. The van der Waals surface area contributed by atoms with E-state index in [2.05, 4.69) is 9.98 Å². The number of rotatable bonds is 8. The Labute approximate surface area is 222 Å². The maximum Gasteiger partial charge on any atom is 0.228 e. The second-order valence-electron chi connectivity index (χ2n) is 9.27. The van der Waals surface area contributed by atoms with Crippen molar-refractivity contribution in [1.29, 1.82) is 0 Å². The lowest BCUT2D eigenvalue weighted by Crippen LogP contribution is -2.48. The summed E-state index contributed by atoms with van der Waals surface area (Å²) in [4.78, 5) is 22.4. The summed E-state index contributed by atoms with van der Waals surface area (Å²) in [5.41, 5.74) is 7.83. The summed E-state index contributed by atoms with van der Waals surface area (Å²) in [6.45, 7) is 2.61. The van der Waals surface area contributed by atoms with Crippen molar-refractivity contribution in [2.75, 3.05) is 43.2 Å². The van der Waals surface area contributed by atoms with E-state index in [0.717, 1.165) is 18.4 Å². The summed E-state index contributed by atoms with van der Waals surface area (Å²) in [5, 5.41) is 0.867. The van der Waals surface area contributed by atoms with Gasteiger partial charge in [0, 0.05) is 48.7 Å². The van der Waals surface area contributed by atoms with Crippen LogP contribution in [0.1, 0.15) is 19.8 Å². The van der Waals surface area contributed by atoms with Crippen LogP contribution in [0.15, 0.2) is 35.0 Å². The van der Waals surface area contributed by atoms with E-state index >= 15 is 4.39 Å². The van der Waals surface area contributed by atoms with E-state index < -0.39 is 12.5 Å². The fourth-order valence-electron chi connectivity index (χ4n) is 4.14. The highest BCUT2D eigenvalue weighted by atomic mass is 35.5. The SMILES string of the molecule is C[C@H]1CN(c2nc(-c3ccc(Cl)cc3F)c3sc(N(C)CCF)nc3n2)C[C@H](C(C=NC2CC2)=CN)O1. The van der Waals surface area contributed by atoms with Crippen LogP contribution in [-0.2, 0) is 4.74 Å². The van der Waals surface area contributed by atoms with E-state index in [9.17, 15) is 4.39 Å². The molecule has 0 amide bonds. The third-order valence-electron chi connectivity index (χ3n) is 6.25. The van der Waals surface area contributed by atoms with Crippen molar-refractivity contribution in [3.63, 3.8) is 0 Å². The van der Waals surface area contributed by atoms with Crippen molar-refractivity contribution in [1.82, 2.24) is 15.0 Å². The standard InChI is InChI=1S/C25H28ClF2N7OS/c1-14-12-35(13-20(36-14)15(10-29)11-30-17-4-5-17)24-31-21(18-6-3-16(26)9-19(18)28)22-23(32-24)33-25(37-22)34(2)8-7-27/h3,6,9-11,14,17,20H,4-5,7-8,12-13,29H2,1-2H3/t14-,20+/m0/s1. The number of benzene rings is 1. The van der Waals surface area contributed by atoms with E-state index in [1.54, 1.807) is 30.3 Å². The first-order valence-corrected chi connectivity index (χ1v) is 13.3. The van der Waals surface area contributed by atoms with Crippen molar-refractivity contribution in [3.05, 3.63) is 40.8 Å². The van der Waals surface area contributed by atoms with Gasteiger partial charge in [-0.05, 0) is 38.0 Å². The zero-order valence-corrected chi connectivity index (χ0v) is 22.1. The number of ether oxygens (including phenoxy) is 1. The predicted molar refractivity (Wildman–Crippen MR) is 145 cm³/mol. The van der Waals surface area contributed by atoms with Crippen molar-refractivity contribution >= 4 is 50.6 Å². The Bertz CT molecular complexity index is 1350. The van der Waals surface area contributed by atoms with Gasteiger partial charge in [0.2, 0.25) is 5.95 Å². The minimum atomic E-state index is -0.518. The molecule has 0 spiro atoms. The summed E-state index contributed by atoms with van der Waals surface area (Å²) in [6, 6.07) is 4.84. The summed E-state index contributed by atoms with van der Waals surface area (Å²) in [7, 11) is 1.76. The lowest BCUT2D eigenvalue weighted by Gasteiger charge is -2.37. The van der Waals surface area contributed by atoms with Gasteiger partial charge < -0.3 is 20.3 Å². The Morgan fingerprint density at radius 2 is 2.14 bits per heavy atom. The number of alkyl halides is 1. The first kappa shape index (κ1) is 25.7. The molecule has 2 fully saturated rings. The summed E-state index contributed by atoms with van der Waals surface area (Å²) in [6.07, 6.45) is 5.04. The number of morpholine rings is 1. The molecule has 12 heteroatoms. The Balaban J connectivity index is 1.56. The van der Waals surface area contributed by atoms with Gasteiger partial charge in [0.1, 0.15) is 23.3 Å². The molecule has 2 aliphatic rings. The normalized spacial score (nSPS) is 20.8. The topological polar surface area (TPSA) is 92.8 Å². The van der Waals surface area contributed by atoms with Crippen LogP contribution in [0.25, 0.3) is 21.6 Å². The van der Waals surface area contributed by atoms with Crippen molar-refractivity contribution < 1.29 is 13.5 Å². The molecule has 3 heterocycles. The number of fused-ring (bicyclic) bond motifs is 1. The maximum atomic E-state index is 15.1. The van der Waals surface area contributed by atoms with Crippen molar-refractivity contribution in [2.24, 2.45) is 10.7 Å². The van der Waals surface area contributed by atoms with Crippen molar-refractivity contribution in [3.8, 4) is 11.3 Å². The van der Waals surface area contributed by atoms with Crippen LogP contribution in [0.2, 0.25) is 5.02 Å². The highest BCUT2D eigenvalue weighted by molar-refractivity contribution is 7.22. The molecule has 3 aromatic rings. The molecule has 0 unspecified atom stereocenters. The fourth-order valence-corrected chi connectivity index (χ4v) is 5.30. The Morgan fingerprint density at radius 1 is 1.32 bits per heavy atom. The van der Waals surface area contributed by atoms with E-state index in [0.29, 0.717) is 56.8 Å². The molecule has 5 rings (SSSR count). The van der Waals surface area contributed by atoms with Gasteiger partial charge in [-0.1, -0.05) is 22.9 Å². The Kier molecular flexibility index (Phi) is 7.55. The number of aliphatic imine (C=N–C) groups is 1. The molecule has 1 saturated carbocycles. The maximum absolute atomic E-state index is 15.1. The highest BCUT2D eigenvalue weighted by Crippen LogP contribution is 2.37. The minimum Gasteiger partial charge on any atom is -0.404 e. The zero-order valence-electron chi connectivity index (χ0n) is 20.6. The van der Waals surface area contributed by atoms with Gasteiger partial charge in [0.15, 0.2) is 10.8 Å². The second-order valence-corrected chi connectivity index (χ2v) is 10.7. The number of thiazole rings is 1. The number of halogens is 3. The van der Waals surface area contributed by atoms with Crippen LogP contribution in [0, 0.1) is 5.82 Å². The molecule has 37 heavy (non-hydrogen) atoms. The average Bonchev–Trinajstić information content (AvgIpc) is 3.59. The van der Waals surface area contributed by atoms with Crippen LogP contribution in [-0.4, -0.2) is 72.8 Å². The number of nitrogens with two attached hydrogens (primary N) is 1. The molecule has 196 valence electrons. The molecule has 2 atom stereocenters. The fraction of sp³-hybridized carbons (Fsp3) is 0.440. The molecule has 1 aromatic carbocycles. The van der Waals surface area contributed by atoms with E-state index in [1.807, 2.05) is 11.8 Å². The molecule has 0 radical (unpaired) electrons. The number of hydrogen-bond donors (Lipinski definition) is 1. The van der Waals surface area contributed by atoms with Gasteiger partial charge >= 0.3 is 0 Å². The van der Waals surface area contributed by atoms with Crippen molar-refractivity contribution in [2.45, 2.75) is 38.0 Å². The largest absolute Gasteiger partial charge is 0.404 e. The van der Waals surface area contributed by atoms with Gasteiger partial charge in [-0.3, -0.25) is 4.99 Å². The van der Waals surface area contributed by atoms with Crippen LogP contribution in [0.4, 0.5) is 19.9 Å². The lowest BCUT2D eigenvalue weighted by molar-refractivity contribution is 0.00666. The number of nitrogens with zero attached hydrogens (tertiary/aromatic N) is 6. The molecule has 2 aromatic heterocycles. The third kappa shape index (κ3) is 5.68. The first-order valence-electron chi connectivity index (χ1n) is 12.1. The van der Waals surface area contributed by atoms with E-state index in [4.69, 9.17) is 32.0 Å². The molecular weight excluding hydrogens is 520 g/mol. The summed E-state index contributed by atoms with van der Waals surface area (Å²) < 4.78 is 34.9. The van der Waals surface area contributed by atoms with Crippen LogP contribution >= 0.6 is 22.9 Å². The molecule has 1 saturated heterocycles. The number of aromatic nitrogens is 3. The quantitative estimate of drug-likeness (QED) is 0.411. The summed E-state index contributed by atoms with van der Waals surface area (Å²) >= 11 is 7.30. The molecule has 1 aliphatic heterocycles. The van der Waals surface area contributed by atoms with Crippen LogP contribution < -0.4 is 15.5 Å². The first-order chi connectivity index (χ1) is 17.9. The Morgan fingerprint density at radius 3 is 2.84 bits per heavy atom. The predicted octanol–water partition coefficient (Wildman–Crippen LogP) is 4.62. The van der Waals surface area contributed by atoms with Gasteiger partial charge in [-0.15, -0.1) is 0 Å². The zero-order chi connectivity index (χ0) is 26.1. The van der Waals surface area contributed by atoms with E-state index in [-0.39, 0.29) is 18.8 Å². The smallest absolute Gasteiger partial charge is 0.228 e. The van der Waals surface area contributed by atoms with Gasteiger partial charge in [-0.25, -0.2) is 13.8 Å². The third-order valence-corrected chi connectivity index (χ3v) is 7.65. The van der Waals surface area contributed by atoms with Crippen LogP contribution in [0.5, 0.6) is 0 Å². The molecule has 8 nitrogen and oxygen atoms in total. The molecular formula is C25H28ClF2N7OS. The molecule has 1 aliphatic carbocycles. The average molecular weight is 548 g/mol. The van der Waals surface area contributed by atoms with Crippen LogP contribution in [0.3, 0.4) is 0 Å². The van der Waals surface area contributed by atoms with E-state index in [1.165, 1.54) is 23.6 Å². The highest BCUT2D eigenvalue weighted by Gasteiger charge is 2.31. The number of anilines is 2. The van der Waals surface area contributed by atoms with Gasteiger partial charge in [-0.2, -0.15) is 9.97 Å². The number of hydrogen-bond acceptors (Lipinski definition) is 9. The second kappa shape index (κ2) is 10.8. The summed E-state index contributed by atoms with van der Waals surface area (Å²) in [5.74, 6) is -0.0964. The van der Waals surface area contributed by atoms with Gasteiger partial charge in [0.25, 0.3) is 0 Å². The molecule has 0 bridgehead atoms.